The van der Waals surface area contributed by atoms with E-state index in [1.807, 2.05) is 11.8 Å². The maximum atomic E-state index is 5.94. The molecule has 1 heterocycles. The summed E-state index contributed by atoms with van der Waals surface area (Å²) in [4.78, 5) is 4.78. The van der Waals surface area contributed by atoms with E-state index in [4.69, 9.17) is 16.6 Å². The minimum atomic E-state index is 0.470. The second-order valence-corrected chi connectivity index (χ2v) is 7.82. The van der Waals surface area contributed by atoms with Crippen LogP contribution in [-0.4, -0.2) is 26.9 Å². The first-order chi connectivity index (χ1) is 9.67. The monoisotopic (exact) mass is 422 g/mol. The average molecular weight is 423 g/mol. The summed E-state index contributed by atoms with van der Waals surface area (Å²) in [5, 5.41) is 0. The quantitative estimate of drug-likeness (QED) is 0.350. The predicted octanol–water partition coefficient (Wildman–Crippen LogP) is 5.13. The van der Waals surface area contributed by atoms with E-state index in [2.05, 4.69) is 59.2 Å². The molecule has 5 heteroatoms. The Hall–Kier alpha value is 0.0600. The number of nitrogens with zero attached hydrogens (tertiary/aromatic N) is 2. The molecule has 0 aliphatic rings. The fourth-order valence-corrected chi connectivity index (χ4v) is 3.84. The zero-order valence-corrected chi connectivity index (χ0v) is 15.6. The van der Waals surface area contributed by atoms with Gasteiger partial charge in [-0.05, 0) is 65.6 Å². The van der Waals surface area contributed by atoms with Crippen LogP contribution >= 0.6 is 46.0 Å². The largest absolute Gasteiger partial charge is 0.325 e. The molecule has 0 fully saturated rings. The van der Waals surface area contributed by atoms with Crippen LogP contribution in [-0.2, 0) is 6.42 Å². The van der Waals surface area contributed by atoms with Gasteiger partial charge in [0.1, 0.15) is 5.82 Å². The number of imidazole rings is 1. The van der Waals surface area contributed by atoms with Crippen molar-refractivity contribution in [3.05, 3.63) is 27.6 Å². The molecule has 1 atom stereocenters. The van der Waals surface area contributed by atoms with Crippen LogP contribution in [0.3, 0.4) is 0 Å². The van der Waals surface area contributed by atoms with E-state index in [0.717, 1.165) is 17.8 Å². The van der Waals surface area contributed by atoms with Gasteiger partial charge in [-0.2, -0.15) is 11.8 Å². The van der Waals surface area contributed by atoms with Crippen LogP contribution in [0.2, 0.25) is 0 Å². The number of aromatic nitrogens is 2. The molecule has 0 spiro atoms. The highest BCUT2D eigenvalue weighted by Gasteiger charge is 2.15. The highest BCUT2D eigenvalue weighted by molar-refractivity contribution is 14.1. The van der Waals surface area contributed by atoms with E-state index >= 15 is 0 Å². The van der Waals surface area contributed by atoms with Crippen molar-refractivity contribution < 1.29 is 0 Å². The molecule has 0 N–H and O–H groups in total. The van der Waals surface area contributed by atoms with Gasteiger partial charge < -0.3 is 4.57 Å². The van der Waals surface area contributed by atoms with Gasteiger partial charge in [0, 0.05) is 21.9 Å². The van der Waals surface area contributed by atoms with Gasteiger partial charge >= 0.3 is 0 Å². The van der Waals surface area contributed by atoms with Gasteiger partial charge in [-0.3, -0.25) is 0 Å². The Morgan fingerprint density at radius 3 is 2.95 bits per heavy atom. The average Bonchev–Trinajstić information content (AvgIpc) is 2.76. The smallest absolute Gasteiger partial charge is 0.111 e. The molecule has 0 aliphatic carbocycles. The molecule has 0 saturated carbocycles. The first kappa shape index (κ1) is 16.4. The normalized spacial score (nSPS) is 13.0. The minimum absolute atomic E-state index is 0.470. The fourth-order valence-electron chi connectivity index (χ4n) is 2.40. The van der Waals surface area contributed by atoms with Crippen molar-refractivity contribution in [1.29, 1.82) is 0 Å². The summed E-state index contributed by atoms with van der Waals surface area (Å²) in [7, 11) is 0. The summed E-state index contributed by atoms with van der Waals surface area (Å²) < 4.78 is 3.61. The van der Waals surface area contributed by atoms with E-state index in [-0.39, 0.29) is 0 Å². The van der Waals surface area contributed by atoms with E-state index in [1.54, 1.807) is 0 Å². The Morgan fingerprint density at radius 1 is 1.45 bits per heavy atom. The number of hydrogen-bond acceptors (Lipinski definition) is 2. The summed E-state index contributed by atoms with van der Waals surface area (Å²) in [5.41, 5.74) is 2.33. The van der Waals surface area contributed by atoms with Crippen molar-refractivity contribution in [2.75, 3.05) is 17.4 Å². The zero-order chi connectivity index (χ0) is 14.5. The molecule has 2 aromatic rings. The van der Waals surface area contributed by atoms with Gasteiger partial charge in [0.2, 0.25) is 0 Å². The molecular weight excluding hydrogens is 403 g/mol. The second kappa shape index (κ2) is 7.90. The fraction of sp³-hybridized carbons (Fsp3) is 0.533. The lowest BCUT2D eigenvalue weighted by atomic mass is 10.2. The first-order valence-corrected chi connectivity index (χ1v) is 9.74. The minimum Gasteiger partial charge on any atom is -0.325 e. The van der Waals surface area contributed by atoms with Crippen LogP contribution in [0.25, 0.3) is 11.0 Å². The number of hydrogen-bond donors (Lipinski definition) is 0. The lowest BCUT2D eigenvalue weighted by Gasteiger charge is -2.17. The van der Waals surface area contributed by atoms with Crippen molar-refractivity contribution in [1.82, 2.24) is 9.55 Å². The van der Waals surface area contributed by atoms with Crippen LogP contribution in [0.15, 0.2) is 18.2 Å². The van der Waals surface area contributed by atoms with Crippen LogP contribution in [0.1, 0.15) is 32.1 Å². The van der Waals surface area contributed by atoms with Gasteiger partial charge in [-0.25, -0.2) is 4.98 Å². The number of thioether (sulfide) groups is 1. The Bertz CT molecular complexity index is 570. The molecule has 2 rings (SSSR count). The van der Waals surface area contributed by atoms with Crippen molar-refractivity contribution in [3.63, 3.8) is 0 Å². The molecule has 0 amide bonds. The zero-order valence-electron chi connectivity index (χ0n) is 11.9. The highest BCUT2D eigenvalue weighted by Crippen LogP contribution is 2.26. The van der Waals surface area contributed by atoms with Gasteiger partial charge in [-0.15, -0.1) is 11.6 Å². The van der Waals surface area contributed by atoms with Gasteiger partial charge in [-0.1, -0.05) is 6.92 Å². The Balaban J connectivity index is 2.34. The molecule has 1 aromatic carbocycles. The Kier molecular flexibility index (Phi) is 6.49. The number of alkyl halides is 1. The number of benzene rings is 1. The van der Waals surface area contributed by atoms with E-state index in [9.17, 15) is 0 Å². The summed E-state index contributed by atoms with van der Waals surface area (Å²) >= 11 is 10.3. The lowest BCUT2D eigenvalue weighted by Crippen LogP contribution is -2.11. The van der Waals surface area contributed by atoms with Crippen molar-refractivity contribution in [3.8, 4) is 0 Å². The summed E-state index contributed by atoms with van der Waals surface area (Å²) in [6.07, 6.45) is 2.00. The third-order valence-corrected chi connectivity index (χ3v) is 5.16. The summed E-state index contributed by atoms with van der Waals surface area (Å²) in [6.45, 7) is 4.50. The maximum Gasteiger partial charge on any atom is 0.111 e. The lowest BCUT2D eigenvalue weighted by molar-refractivity contribution is 0.528. The molecule has 0 radical (unpaired) electrons. The number of rotatable bonds is 7. The third kappa shape index (κ3) is 3.83. The molecule has 1 aromatic heterocycles. The summed E-state index contributed by atoms with van der Waals surface area (Å²) in [6, 6.07) is 6.96. The van der Waals surface area contributed by atoms with Crippen LogP contribution in [0.4, 0.5) is 0 Å². The van der Waals surface area contributed by atoms with Crippen molar-refractivity contribution >= 4 is 57.0 Å². The topological polar surface area (TPSA) is 17.8 Å². The highest BCUT2D eigenvalue weighted by atomic mass is 127. The Morgan fingerprint density at radius 2 is 2.25 bits per heavy atom. The molecule has 1 unspecified atom stereocenters. The number of fused-ring (bicyclic) bond motifs is 1. The van der Waals surface area contributed by atoms with Gasteiger partial charge in [0.05, 0.1) is 11.0 Å². The van der Waals surface area contributed by atoms with Gasteiger partial charge in [0.15, 0.2) is 0 Å². The standard InChI is InChI=1S/C15H20ClIN2S/c1-3-20-9-7-11(2)19-14-5-4-12(17)10-13(14)18-15(19)6-8-16/h4-5,10-11H,3,6-9H2,1-2H3. The molecule has 110 valence electrons. The van der Waals surface area contributed by atoms with E-state index < -0.39 is 0 Å². The predicted molar refractivity (Wildman–Crippen MR) is 99.2 cm³/mol. The van der Waals surface area contributed by atoms with Gasteiger partial charge in [0.25, 0.3) is 0 Å². The van der Waals surface area contributed by atoms with Crippen molar-refractivity contribution in [2.45, 2.75) is 32.7 Å². The molecule has 20 heavy (non-hydrogen) atoms. The van der Waals surface area contributed by atoms with Crippen LogP contribution in [0.5, 0.6) is 0 Å². The third-order valence-electron chi connectivity index (χ3n) is 3.37. The van der Waals surface area contributed by atoms with Crippen LogP contribution < -0.4 is 0 Å². The molecule has 0 bridgehead atoms. The summed E-state index contributed by atoms with van der Waals surface area (Å²) in [5.74, 6) is 4.12. The maximum absolute atomic E-state index is 5.94. The van der Waals surface area contributed by atoms with Crippen LogP contribution in [0, 0.1) is 3.57 Å². The number of aryl methyl sites for hydroxylation is 1. The molecule has 0 aliphatic heterocycles. The van der Waals surface area contributed by atoms with E-state index in [0.29, 0.717) is 11.9 Å². The first-order valence-electron chi connectivity index (χ1n) is 6.97. The second-order valence-electron chi connectivity index (χ2n) is 4.80. The SMILES string of the molecule is CCSCCC(C)n1c(CCCl)nc2cc(I)ccc21. The van der Waals surface area contributed by atoms with E-state index in [1.165, 1.54) is 27.0 Å². The number of halogens is 2. The molecule has 0 saturated heterocycles. The van der Waals surface area contributed by atoms with Crippen molar-refractivity contribution in [2.24, 2.45) is 0 Å². The molecule has 2 nitrogen and oxygen atoms in total. The molecular formula is C15H20ClIN2S. The Labute approximate surface area is 143 Å².